The van der Waals surface area contributed by atoms with Crippen LogP contribution in [0.2, 0.25) is 0 Å². The van der Waals surface area contributed by atoms with Gasteiger partial charge < -0.3 is 5.11 Å². The smallest absolute Gasteiger partial charge is 0.395 e. The van der Waals surface area contributed by atoms with E-state index in [9.17, 15) is 4.57 Å². The minimum absolute atomic E-state index is 0.104. The molecular weight excluding hydrogens is 205 g/mol. The Bertz CT molecular complexity index is 182. The molecule has 0 aliphatic heterocycles. The molecule has 0 aromatic heterocycles. The van der Waals surface area contributed by atoms with Crippen LogP contribution < -0.4 is 5.09 Å². The van der Waals surface area contributed by atoms with Crippen LogP contribution in [-0.2, 0) is 13.6 Å². The zero-order valence-corrected chi connectivity index (χ0v) is 10.1. The van der Waals surface area contributed by atoms with Gasteiger partial charge in [-0.2, -0.15) is 0 Å². The van der Waals surface area contributed by atoms with E-state index in [1.165, 1.54) is 0 Å². The molecule has 6 heteroatoms. The average molecular weight is 225 g/mol. The lowest BCUT2D eigenvalue weighted by molar-refractivity contribution is 0.133. The van der Waals surface area contributed by atoms with Crippen molar-refractivity contribution in [1.29, 1.82) is 0 Å². The molecule has 14 heavy (non-hydrogen) atoms. The topological polar surface area (TPSA) is 67.8 Å². The predicted octanol–water partition coefficient (Wildman–Crippen LogP) is 1.53. The first kappa shape index (κ1) is 14.1. The molecule has 2 N–H and O–H groups in total. The molecule has 0 radical (unpaired) electrons. The number of hydrogen-bond donors (Lipinski definition) is 2. The number of aliphatic hydroxyl groups excluding tert-OH is 1. The Hall–Kier alpha value is 0.0700. The summed E-state index contributed by atoms with van der Waals surface area (Å²) in [4.78, 5) is 0. The van der Waals surface area contributed by atoms with Gasteiger partial charge in [0.15, 0.2) is 0 Å². The first-order valence-electron chi connectivity index (χ1n) is 4.72. The largest absolute Gasteiger partial charge is 0.406 e. The fourth-order valence-corrected chi connectivity index (χ4v) is 2.52. The molecule has 0 aromatic carbocycles. The summed E-state index contributed by atoms with van der Waals surface area (Å²) in [6, 6.07) is 0. The zero-order chi connectivity index (χ0) is 11.2. The lowest BCUT2D eigenvalue weighted by Crippen LogP contribution is -2.22. The van der Waals surface area contributed by atoms with Crippen molar-refractivity contribution >= 4 is 7.75 Å². The van der Waals surface area contributed by atoms with Crippen LogP contribution in [0, 0.1) is 0 Å². The number of aliphatic hydroxyl groups is 1. The Balaban J connectivity index is 4.26. The molecule has 0 unspecified atom stereocenters. The molecule has 0 spiro atoms. The van der Waals surface area contributed by atoms with Gasteiger partial charge in [-0.25, -0.2) is 9.65 Å². The summed E-state index contributed by atoms with van der Waals surface area (Å²) >= 11 is 0. The molecule has 0 saturated heterocycles. The number of hydrogen-bond acceptors (Lipinski definition) is 4. The van der Waals surface area contributed by atoms with Gasteiger partial charge in [-0.05, 0) is 27.7 Å². The standard InChI is InChI=1S/C8H20NO4P/c1-7(2)12-14(11,9-5-6-10)13-8(3)4/h7-8,10H,5-6H2,1-4H3,(H,9,11). The predicted molar refractivity (Wildman–Crippen MR) is 55.1 cm³/mol. The molecule has 0 bridgehead atoms. The number of rotatable bonds is 7. The highest BCUT2D eigenvalue weighted by Crippen LogP contribution is 2.45. The van der Waals surface area contributed by atoms with Crippen molar-refractivity contribution < 1.29 is 18.7 Å². The van der Waals surface area contributed by atoms with E-state index in [1.807, 2.05) is 0 Å². The maximum atomic E-state index is 11.9. The molecule has 0 rings (SSSR count). The monoisotopic (exact) mass is 225 g/mol. The van der Waals surface area contributed by atoms with Crippen molar-refractivity contribution in [2.24, 2.45) is 0 Å². The van der Waals surface area contributed by atoms with Gasteiger partial charge in [-0.15, -0.1) is 0 Å². The highest BCUT2D eigenvalue weighted by atomic mass is 31.2. The molecule has 0 heterocycles. The van der Waals surface area contributed by atoms with Gasteiger partial charge >= 0.3 is 7.75 Å². The first-order valence-corrected chi connectivity index (χ1v) is 6.26. The van der Waals surface area contributed by atoms with Crippen LogP contribution in [0.3, 0.4) is 0 Å². The SMILES string of the molecule is CC(C)OP(=O)(NCCO)OC(C)C. The van der Waals surface area contributed by atoms with Crippen molar-refractivity contribution in [1.82, 2.24) is 5.09 Å². The second-order valence-corrected chi connectivity index (χ2v) is 5.17. The normalized spacial score (nSPS) is 12.8. The molecule has 0 aromatic rings. The summed E-state index contributed by atoms with van der Waals surface area (Å²) in [5.74, 6) is 0. The van der Waals surface area contributed by atoms with Crippen LogP contribution in [0.15, 0.2) is 0 Å². The zero-order valence-electron chi connectivity index (χ0n) is 9.19. The fourth-order valence-electron chi connectivity index (χ4n) is 0.841. The van der Waals surface area contributed by atoms with Crippen molar-refractivity contribution in [3.05, 3.63) is 0 Å². The molecule has 0 amide bonds. The molecule has 0 fully saturated rings. The Morgan fingerprint density at radius 2 is 1.64 bits per heavy atom. The van der Waals surface area contributed by atoms with Gasteiger partial charge in [0.2, 0.25) is 0 Å². The van der Waals surface area contributed by atoms with Crippen LogP contribution in [0.4, 0.5) is 0 Å². The van der Waals surface area contributed by atoms with E-state index in [4.69, 9.17) is 14.2 Å². The summed E-state index contributed by atoms with van der Waals surface area (Å²) in [7, 11) is -3.26. The van der Waals surface area contributed by atoms with Crippen LogP contribution in [0.1, 0.15) is 27.7 Å². The van der Waals surface area contributed by atoms with Crippen LogP contribution in [-0.4, -0.2) is 30.5 Å². The van der Waals surface area contributed by atoms with Crippen molar-refractivity contribution in [3.8, 4) is 0 Å². The van der Waals surface area contributed by atoms with Gasteiger partial charge in [0, 0.05) is 6.54 Å². The van der Waals surface area contributed by atoms with Gasteiger partial charge in [-0.3, -0.25) is 9.05 Å². The van der Waals surface area contributed by atoms with E-state index in [-0.39, 0.29) is 25.4 Å². The summed E-state index contributed by atoms with van der Waals surface area (Å²) in [6.07, 6.45) is -0.378. The van der Waals surface area contributed by atoms with Gasteiger partial charge in [0.05, 0.1) is 18.8 Å². The summed E-state index contributed by atoms with van der Waals surface area (Å²) in [5, 5.41) is 11.2. The molecule has 5 nitrogen and oxygen atoms in total. The van der Waals surface area contributed by atoms with E-state index in [2.05, 4.69) is 5.09 Å². The summed E-state index contributed by atoms with van der Waals surface area (Å²) in [5.41, 5.74) is 0. The van der Waals surface area contributed by atoms with Gasteiger partial charge in [0.25, 0.3) is 0 Å². The van der Waals surface area contributed by atoms with Crippen LogP contribution in [0.25, 0.3) is 0 Å². The van der Waals surface area contributed by atoms with Crippen molar-refractivity contribution in [2.75, 3.05) is 13.2 Å². The molecular formula is C8H20NO4P. The minimum atomic E-state index is -3.26. The Morgan fingerprint density at radius 1 is 1.21 bits per heavy atom. The van der Waals surface area contributed by atoms with E-state index in [1.54, 1.807) is 27.7 Å². The number of nitrogens with one attached hydrogen (secondary N) is 1. The Morgan fingerprint density at radius 3 is 1.93 bits per heavy atom. The molecule has 0 aliphatic carbocycles. The second kappa shape index (κ2) is 6.53. The van der Waals surface area contributed by atoms with Crippen molar-refractivity contribution in [3.63, 3.8) is 0 Å². The maximum absolute atomic E-state index is 11.9. The minimum Gasteiger partial charge on any atom is -0.395 e. The molecule has 0 atom stereocenters. The average Bonchev–Trinajstić information content (AvgIpc) is 1.97. The second-order valence-electron chi connectivity index (χ2n) is 3.44. The van der Waals surface area contributed by atoms with Crippen LogP contribution >= 0.6 is 7.75 Å². The van der Waals surface area contributed by atoms with Gasteiger partial charge in [-0.1, -0.05) is 0 Å². The lowest BCUT2D eigenvalue weighted by atomic mass is 10.5. The maximum Gasteiger partial charge on any atom is 0.406 e. The van der Waals surface area contributed by atoms with E-state index in [0.717, 1.165) is 0 Å². The molecule has 0 aliphatic rings. The third-order valence-corrected chi connectivity index (χ3v) is 3.13. The lowest BCUT2D eigenvalue weighted by Gasteiger charge is -2.22. The highest BCUT2D eigenvalue weighted by molar-refractivity contribution is 7.51. The summed E-state index contributed by atoms with van der Waals surface area (Å²) in [6.45, 7) is 7.19. The van der Waals surface area contributed by atoms with Crippen molar-refractivity contribution in [2.45, 2.75) is 39.9 Å². The van der Waals surface area contributed by atoms with E-state index < -0.39 is 7.75 Å². The Kier molecular flexibility index (Phi) is 6.57. The fraction of sp³-hybridized carbons (Fsp3) is 1.00. The quantitative estimate of drug-likeness (QED) is 0.643. The molecule has 86 valence electrons. The van der Waals surface area contributed by atoms with E-state index in [0.29, 0.717) is 0 Å². The first-order chi connectivity index (χ1) is 6.39. The third-order valence-electron chi connectivity index (χ3n) is 1.12. The van der Waals surface area contributed by atoms with Crippen LogP contribution in [0.5, 0.6) is 0 Å². The van der Waals surface area contributed by atoms with E-state index >= 15 is 0 Å². The third kappa shape index (κ3) is 6.51. The highest BCUT2D eigenvalue weighted by Gasteiger charge is 2.26. The Labute approximate surface area is 85.4 Å². The van der Waals surface area contributed by atoms with Gasteiger partial charge in [0.1, 0.15) is 0 Å². The molecule has 0 saturated carbocycles. The summed E-state index contributed by atoms with van der Waals surface area (Å²) < 4.78 is 22.2.